The van der Waals surface area contributed by atoms with Gasteiger partial charge in [-0.3, -0.25) is 9.59 Å². The van der Waals surface area contributed by atoms with Gasteiger partial charge in [0.2, 0.25) is 11.6 Å². The van der Waals surface area contributed by atoms with Crippen LogP contribution in [0, 0.1) is 6.92 Å². The fourth-order valence-corrected chi connectivity index (χ4v) is 2.42. The van der Waals surface area contributed by atoms with Gasteiger partial charge in [-0.1, -0.05) is 0 Å². The van der Waals surface area contributed by atoms with Gasteiger partial charge in [-0.05, 0) is 73.2 Å². The molecule has 1 N–H and O–H groups in total. The Kier molecular flexibility index (Phi) is 4.99. The molecule has 0 atom stereocenters. The normalized spacial score (nSPS) is 11.4. The monoisotopic (exact) mass is 348 g/mol. The van der Waals surface area contributed by atoms with E-state index in [0.29, 0.717) is 11.1 Å². The van der Waals surface area contributed by atoms with Gasteiger partial charge >= 0.3 is 0 Å². The zero-order chi connectivity index (χ0) is 18.5. The van der Waals surface area contributed by atoms with E-state index < -0.39 is 0 Å². The minimum Gasteiger partial charge on any atom is -0.507 e. The van der Waals surface area contributed by atoms with Gasteiger partial charge in [-0.25, -0.2) is 0 Å². The molecule has 3 rings (SSSR count). The summed E-state index contributed by atoms with van der Waals surface area (Å²) in [5.74, 6) is -0.195. The number of aryl methyl sites for hydroxylation is 1. The maximum absolute atomic E-state index is 12.0. The summed E-state index contributed by atoms with van der Waals surface area (Å²) in [6, 6.07) is 9.88. The lowest BCUT2D eigenvalue weighted by Gasteiger charge is -2.06. The number of ketones is 2. The molecule has 0 unspecified atom stereocenters. The number of furan rings is 2. The van der Waals surface area contributed by atoms with Crippen LogP contribution >= 0.6 is 0 Å². The molecular weight excluding hydrogens is 332 g/mol. The summed E-state index contributed by atoms with van der Waals surface area (Å²) in [4.78, 5) is 24.0. The molecule has 5 nitrogen and oxygen atoms in total. The van der Waals surface area contributed by atoms with Crippen LogP contribution in [-0.2, 0) is 0 Å². The molecule has 3 aromatic rings. The maximum atomic E-state index is 12.0. The molecule has 0 aliphatic carbocycles. The Labute approximate surface area is 149 Å². The van der Waals surface area contributed by atoms with Gasteiger partial charge in [0.1, 0.15) is 5.75 Å². The van der Waals surface area contributed by atoms with Crippen molar-refractivity contribution in [3.05, 3.63) is 89.3 Å². The highest BCUT2D eigenvalue weighted by molar-refractivity contribution is 6.06. The molecule has 2 aromatic heterocycles. The molecule has 0 saturated heterocycles. The van der Waals surface area contributed by atoms with Crippen molar-refractivity contribution in [1.82, 2.24) is 0 Å². The quantitative estimate of drug-likeness (QED) is 0.517. The second kappa shape index (κ2) is 7.53. The lowest BCUT2D eigenvalue weighted by Crippen LogP contribution is -1.92. The average Bonchev–Trinajstić information content (AvgIpc) is 3.33. The third-order valence-corrected chi connectivity index (χ3v) is 3.67. The lowest BCUT2D eigenvalue weighted by molar-refractivity contribution is 0.101. The number of phenols is 1. The molecule has 0 fully saturated rings. The summed E-state index contributed by atoms with van der Waals surface area (Å²) < 4.78 is 10.1. The van der Waals surface area contributed by atoms with E-state index in [1.807, 2.05) is 6.92 Å². The van der Waals surface area contributed by atoms with Crippen molar-refractivity contribution in [3.63, 3.8) is 0 Å². The molecular formula is C21H16O5. The summed E-state index contributed by atoms with van der Waals surface area (Å²) in [6.07, 6.45) is 8.52. The highest BCUT2D eigenvalue weighted by Crippen LogP contribution is 2.27. The highest BCUT2D eigenvalue weighted by Gasteiger charge is 2.09. The van der Waals surface area contributed by atoms with E-state index in [4.69, 9.17) is 8.83 Å². The van der Waals surface area contributed by atoms with E-state index in [9.17, 15) is 14.7 Å². The molecule has 0 aliphatic heterocycles. The van der Waals surface area contributed by atoms with E-state index in [1.54, 1.807) is 36.4 Å². The Morgan fingerprint density at radius 2 is 1.35 bits per heavy atom. The maximum Gasteiger partial charge on any atom is 0.221 e. The third kappa shape index (κ3) is 3.89. The van der Waals surface area contributed by atoms with Gasteiger partial charge in [-0.15, -0.1) is 0 Å². The molecule has 1 aromatic carbocycles. The first-order valence-corrected chi connectivity index (χ1v) is 7.90. The summed E-state index contributed by atoms with van der Waals surface area (Å²) in [5, 5.41) is 10.4. The number of allylic oxidation sites excluding steroid dienone is 2. The zero-order valence-corrected chi connectivity index (χ0v) is 14.0. The van der Waals surface area contributed by atoms with Crippen molar-refractivity contribution in [3.8, 4) is 5.75 Å². The number of phenolic OH excluding ortho intramolecular Hbond substituents is 1. The SMILES string of the molecule is Cc1cc(/C=C/C(=O)c2ccco2)c(O)c(/C=C/C(=O)c2ccco2)c1. The van der Waals surface area contributed by atoms with Gasteiger partial charge in [0, 0.05) is 11.1 Å². The fourth-order valence-electron chi connectivity index (χ4n) is 2.42. The zero-order valence-electron chi connectivity index (χ0n) is 14.0. The number of benzene rings is 1. The number of carbonyl (C=O) groups is 2. The molecule has 0 bridgehead atoms. The Balaban J connectivity index is 1.84. The van der Waals surface area contributed by atoms with Crippen LogP contribution in [0.4, 0.5) is 0 Å². The Hall–Kier alpha value is -3.60. The van der Waals surface area contributed by atoms with Crippen molar-refractivity contribution in [2.45, 2.75) is 6.92 Å². The Bertz CT molecular complexity index is 896. The first kappa shape index (κ1) is 17.2. The van der Waals surface area contributed by atoms with E-state index in [-0.39, 0.29) is 28.8 Å². The first-order chi connectivity index (χ1) is 12.5. The van der Waals surface area contributed by atoms with E-state index in [1.165, 1.54) is 36.8 Å². The van der Waals surface area contributed by atoms with Crippen LogP contribution in [-0.4, -0.2) is 16.7 Å². The highest BCUT2D eigenvalue weighted by atomic mass is 16.3. The largest absolute Gasteiger partial charge is 0.507 e. The number of aromatic hydroxyl groups is 1. The van der Waals surface area contributed by atoms with Crippen LogP contribution in [0.1, 0.15) is 37.8 Å². The Morgan fingerprint density at radius 1 is 0.885 bits per heavy atom. The number of hydrogen-bond acceptors (Lipinski definition) is 5. The standard InChI is InChI=1S/C21H16O5/c1-14-12-15(6-8-17(22)19-4-2-10-25-19)21(24)16(13-14)7-9-18(23)20-5-3-11-26-20/h2-13,24H,1H3/b8-6+,9-7+. The van der Waals surface area contributed by atoms with E-state index >= 15 is 0 Å². The molecule has 2 heterocycles. The van der Waals surface area contributed by atoms with Crippen LogP contribution in [0.2, 0.25) is 0 Å². The predicted octanol–water partition coefficient (Wildman–Crippen LogP) is 4.68. The summed E-state index contributed by atoms with van der Waals surface area (Å²) in [6.45, 7) is 1.86. The molecule has 0 aliphatic rings. The second-order valence-corrected chi connectivity index (χ2v) is 5.64. The molecule has 26 heavy (non-hydrogen) atoms. The molecule has 0 spiro atoms. The summed E-state index contributed by atoms with van der Waals surface area (Å²) >= 11 is 0. The van der Waals surface area contributed by atoms with Crippen molar-refractivity contribution in [1.29, 1.82) is 0 Å². The van der Waals surface area contributed by atoms with Gasteiger partial charge in [-0.2, -0.15) is 0 Å². The Morgan fingerprint density at radius 3 is 1.73 bits per heavy atom. The molecule has 0 radical (unpaired) electrons. The molecule has 0 amide bonds. The van der Waals surface area contributed by atoms with Crippen LogP contribution < -0.4 is 0 Å². The third-order valence-electron chi connectivity index (χ3n) is 3.67. The van der Waals surface area contributed by atoms with Gasteiger partial charge in [0.25, 0.3) is 0 Å². The number of hydrogen-bond donors (Lipinski definition) is 1. The van der Waals surface area contributed by atoms with Crippen LogP contribution in [0.5, 0.6) is 5.75 Å². The lowest BCUT2D eigenvalue weighted by atomic mass is 10.0. The van der Waals surface area contributed by atoms with Crippen molar-refractivity contribution in [2.75, 3.05) is 0 Å². The molecule has 0 saturated carbocycles. The minimum atomic E-state index is -0.305. The smallest absolute Gasteiger partial charge is 0.221 e. The van der Waals surface area contributed by atoms with Crippen molar-refractivity contribution in [2.24, 2.45) is 0 Å². The van der Waals surface area contributed by atoms with Crippen LogP contribution in [0.25, 0.3) is 12.2 Å². The van der Waals surface area contributed by atoms with E-state index in [0.717, 1.165) is 5.56 Å². The van der Waals surface area contributed by atoms with Crippen molar-refractivity contribution >= 4 is 23.7 Å². The number of rotatable bonds is 6. The van der Waals surface area contributed by atoms with E-state index in [2.05, 4.69) is 0 Å². The van der Waals surface area contributed by atoms with Crippen molar-refractivity contribution < 1.29 is 23.5 Å². The average molecular weight is 348 g/mol. The summed E-state index contributed by atoms with van der Waals surface area (Å²) in [5.41, 5.74) is 1.81. The van der Waals surface area contributed by atoms with Crippen LogP contribution in [0.15, 0.2) is 69.9 Å². The predicted molar refractivity (Wildman–Crippen MR) is 97.0 cm³/mol. The second-order valence-electron chi connectivity index (χ2n) is 5.64. The van der Waals surface area contributed by atoms with Gasteiger partial charge in [0.15, 0.2) is 11.5 Å². The topological polar surface area (TPSA) is 80.6 Å². The first-order valence-electron chi connectivity index (χ1n) is 7.90. The fraction of sp³-hybridized carbons (Fsp3) is 0.0476. The van der Waals surface area contributed by atoms with Gasteiger partial charge in [0.05, 0.1) is 12.5 Å². The van der Waals surface area contributed by atoms with Gasteiger partial charge < -0.3 is 13.9 Å². The molecule has 130 valence electrons. The minimum absolute atomic E-state index is 0.0254. The molecule has 5 heteroatoms. The van der Waals surface area contributed by atoms with Crippen LogP contribution in [0.3, 0.4) is 0 Å². The number of carbonyl (C=O) groups excluding carboxylic acids is 2. The summed E-state index contributed by atoms with van der Waals surface area (Å²) in [7, 11) is 0.